The third-order valence-corrected chi connectivity index (χ3v) is 5.63. The third-order valence-electron chi connectivity index (χ3n) is 4.57. The molecule has 0 aliphatic rings. The van der Waals surface area contributed by atoms with Crippen molar-refractivity contribution < 1.29 is 14.3 Å². The van der Waals surface area contributed by atoms with Crippen molar-refractivity contribution in [2.45, 2.75) is 5.22 Å². The highest BCUT2D eigenvalue weighted by Gasteiger charge is 2.13. The SMILES string of the molecule is O=C(CSc1nnc(-c2cccc(NC(=S)NCCO)c2)o1)c1ccc2ccccc2c1. The molecular weight excluding hydrogens is 444 g/mol. The number of hydrogen-bond acceptors (Lipinski definition) is 7. The lowest BCUT2D eigenvalue weighted by Gasteiger charge is -2.09. The Morgan fingerprint density at radius 2 is 1.88 bits per heavy atom. The van der Waals surface area contributed by atoms with Crippen molar-refractivity contribution in [3.8, 4) is 11.5 Å². The molecule has 1 aromatic heterocycles. The zero-order valence-corrected chi connectivity index (χ0v) is 18.6. The van der Waals surface area contributed by atoms with E-state index in [0.29, 0.717) is 28.3 Å². The second-order valence-corrected chi connectivity index (χ2v) is 8.17. The number of ketones is 1. The van der Waals surface area contributed by atoms with Gasteiger partial charge in [-0.05, 0) is 47.3 Å². The van der Waals surface area contributed by atoms with Crippen LogP contribution in [0.1, 0.15) is 10.4 Å². The number of fused-ring (bicyclic) bond motifs is 1. The molecule has 0 fully saturated rings. The summed E-state index contributed by atoms with van der Waals surface area (Å²) in [5.41, 5.74) is 2.12. The maximum Gasteiger partial charge on any atom is 0.277 e. The molecule has 32 heavy (non-hydrogen) atoms. The number of thioether (sulfide) groups is 1. The Kier molecular flexibility index (Phi) is 7.10. The van der Waals surface area contributed by atoms with E-state index in [0.717, 1.165) is 22.0 Å². The van der Waals surface area contributed by atoms with Gasteiger partial charge in [-0.2, -0.15) is 0 Å². The first-order valence-corrected chi connectivity index (χ1v) is 11.3. The minimum Gasteiger partial charge on any atom is -0.411 e. The fraction of sp³-hybridized carbons (Fsp3) is 0.130. The summed E-state index contributed by atoms with van der Waals surface area (Å²) in [6, 6.07) is 21.0. The number of carbonyl (C=O) groups is 1. The Bertz CT molecular complexity index is 1260. The predicted molar refractivity (Wildman–Crippen MR) is 130 cm³/mol. The number of nitrogens with zero attached hydrogens (tertiary/aromatic N) is 2. The van der Waals surface area contributed by atoms with Gasteiger partial charge in [-0.1, -0.05) is 54.2 Å². The first kappa shape index (κ1) is 21.9. The number of aromatic nitrogens is 2. The Labute approximate surface area is 194 Å². The molecule has 7 nitrogen and oxygen atoms in total. The summed E-state index contributed by atoms with van der Waals surface area (Å²) < 4.78 is 5.73. The zero-order chi connectivity index (χ0) is 22.3. The Morgan fingerprint density at radius 3 is 2.72 bits per heavy atom. The highest BCUT2D eigenvalue weighted by atomic mass is 32.2. The highest BCUT2D eigenvalue weighted by molar-refractivity contribution is 7.99. The number of thiocarbonyl (C=S) groups is 1. The van der Waals surface area contributed by atoms with Crippen LogP contribution >= 0.6 is 24.0 Å². The molecule has 0 amide bonds. The molecule has 0 radical (unpaired) electrons. The minimum atomic E-state index is -0.00629. The quantitative estimate of drug-likeness (QED) is 0.202. The molecule has 4 rings (SSSR count). The molecule has 0 aliphatic heterocycles. The molecule has 4 aromatic rings. The largest absolute Gasteiger partial charge is 0.411 e. The number of Topliss-reactive ketones (excluding diaryl/α,β-unsaturated/α-hetero) is 1. The maximum absolute atomic E-state index is 12.6. The highest BCUT2D eigenvalue weighted by Crippen LogP contribution is 2.26. The number of anilines is 1. The lowest BCUT2D eigenvalue weighted by molar-refractivity contribution is 0.102. The summed E-state index contributed by atoms with van der Waals surface area (Å²) in [6.45, 7) is 0.362. The molecule has 9 heteroatoms. The summed E-state index contributed by atoms with van der Waals surface area (Å²) in [7, 11) is 0. The van der Waals surface area contributed by atoms with E-state index in [9.17, 15) is 4.79 Å². The molecule has 0 unspecified atom stereocenters. The standard InChI is InChI=1S/C23H20N4O3S2/c28-11-10-24-22(31)25-19-7-3-6-18(13-19)21-26-27-23(30-21)32-14-20(29)17-9-8-15-4-1-2-5-16(15)12-17/h1-9,12-13,28H,10-11,14H2,(H2,24,25,31). The number of nitrogens with one attached hydrogen (secondary N) is 2. The summed E-state index contributed by atoms with van der Waals surface area (Å²) in [6.07, 6.45) is 0. The van der Waals surface area contributed by atoms with Crippen molar-refractivity contribution in [3.05, 3.63) is 72.3 Å². The van der Waals surface area contributed by atoms with Gasteiger partial charge in [0.15, 0.2) is 10.9 Å². The van der Waals surface area contributed by atoms with Gasteiger partial charge in [-0.15, -0.1) is 10.2 Å². The molecule has 3 N–H and O–H groups in total. The monoisotopic (exact) mass is 464 g/mol. The molecule has 1 heterocycles. The second kappa shape index (κ2) is 10.4. The number of rotatable bonds is 8. The first-order chi connectivity index (χ1) is 15.6. The van der Waals surface area contributed by atoms with Gasteiger partial charge in [-0.25, -0.2) is 0 Å². The van der Waals surface area contributed by atoms with Crippen LogP contribution in [0, 0.1) is 0 Å². The van der Waals surface area contributed by atoms with Gasteiger partial charge in [0.1, 0.15) is 0 Å². The number of aliphatic hydroxyl groups is 1. The summed E-state index contributed by atoms with van der Waals surface area (Å²) >= 11 is 6.38. The van der Waals surface area contributed by atoms with Crippen molar-refractivity contribution in [1.82, 2.24) is 15.5 Å². The molecule has 3 aromatic carbocycles. The van der Waals surface area contributed by atoms with Gasteiger partial charge < -0.3 is 20.2 Å². The molecule has 0 atom stereocenters. The maximum atomic E-state index is 12.6. The van der Waals surface area contributed by atoms with Gasteiger partial charge in [0, 0.05) is 23.4 Å². The lowest BCUT2D eigenvalue weighted by atomic mass is 10.1. The normalized spacial score (nSPS) is 10.8. The zero-order valence-electron chi connectivity index (χ0n) is 16.9. The Morgan fingerprint density at radius 1 is 1.03 bits per heavy atom. The van der Waals surface area contributed by atoms with Crippen LogP contribution in [0.2, 0.25) is 0 Å². The van der Waals surface area contributed by atoms with E-state index < -0.39 is 0 Å². The van der Waals surface area contributed by atoms with Crippen LogP contribution in [-0.2, 0) is 0 Å². The van der Waals surface area contributed by atoms with Crippen molar-refractivity contribution in [1.29, 1.82) is 0 Å². The summed E-state index contributed by atoms with van der Waals surface area (Å²) in [5, 5.41) is 25.8. The number of carbonyl (C=O) groups excluding carboxylic acids is 1. The van der Waals surface area contributed by atoms with Crippen LogP contribution in [0.25, 0.3) is 22.2 Å². The van der Waals surface area contributed by atoms with Crippen molar-refractivity contribution in [2.24, 2.45) is 0 Å². The van der Waals surface area contributed by atoms with Crippen LogP contribution in [0.4, 0.5) is 5.69 Å². The first-order valence-electron chi connectivity index (χ1n) is 9.87. The third kappa shape index (κ3) is 5.50. The predicted octanol–water partition coefficient (Wildman–Crippen LogP) is 4.14. The van der Waals surface area contributed by atoms with Crippen LogP contribution < -0.4 is 10.6 Å². The Hall–Kier alpha value is -3.27. The average molecular weight is 465 g/mol. The van der Waals surface area contributed by atoms with Crippen LogP contribution in [0.3, 0.4) is 0 Å². The van der Waals surface area contributed by atoms with Gasteiger partial charge in [0.05, 0.1) is 12.4 Å². The minimum absolute atomic E-state index is 0.00408. The van der Waals surface area contributed by atoms with E-state index in [1.165, 1.54) is 11.8 Å². The number of benzene rings is 3. The van der Waals surface area contributed by atoms with E-state index in [1.54, 1.807) is 0 Å². The number of aliphatic hydroxyl groups excluding tert-OH is 1. The average Bonchev–Trinajstić information content (AvgIpc) is 3.30. The van der Waals surface area contributed by atoms with Crippen LogP contribution in [0.5, 0.6) is 0 Å². The second-order valence-electron chi connectivity index (χ2n) is 6.83. The van der Waals surface area contributed by atoms with Gasteiger partial charge >= 0.3 is 0 Å². The van der Waals surface area contributed by atoms with Crippen molar-refractivity contribution in [3.63, 3.8) is 0 Å². The molecule has 0 saturated heterocycles. The van der Waals surface area contributed by atoms with E-state index in [-0.39, 0.29) is 18.1 Å². The van der Waals surface area contributed by atoms with E-state index in [4.69, 9.17) is 21.7 Å². The lowest BCUT2D eigenvalue weighted by Crippen LogP contribution is -2.30. The summed E-state index contributed by atoms with van der Waals surface area (Å²) in [5.74, 6) is 0.547. The van der Waals surface area contributed by atoms with Gasteiger partial charge in [0.25, 0.3) is 5.22 Å². The van der Waals surface area contributed by atoms with Gasteiger partial charge in [0.2, 0.25) is 5.89 Å². The van der Waals surface area contributed by atoms with Gasteiger partial charge in [-0.3, -0.25) is 4.79 Å². The van der Waals surface area contributed by atoms with Crippen molar-refractivity contribution >= 4 is 51.3 Å². The summed E-state index contributed by atoms with van der Waals surface area (Å²) in [4.78, 5) is 12.6. The molecule has 162 valence electrons. The van der Waals surface area contributed by atoms with Crippen molar-refractivity contribution in [2.75, 3.05) is 24.2 Å². The topological polar surface area (TPSA) is 100 Å². The molecule has 0 bridgehead atoms. The molecule has 0 saturated carbocycles. The smallest absolute Gasteiger partial charge is 0.277 e. The van der Waals surface area contributed by atoms with E-state index >= 15 is 0 Å². The van der Waals surface area contributed by atoms with E-state index in [1.807, 2.05) is 66.7 Å². The fourth-order valence-electron chi connectivity index (χ4n) is 3.03. The molecule has 0 spiro atoms. The van der Waals surface area contributed by atoms with Crippen LogP contribution in [0.15, 0.2) is 76.4 Å². The van der Waals surface area contributed by atoms with E-state index in [2.05, 4.69) is 20.8 Å². The number of hydrogen-bond donors (Lipinski definition) is 3. The van der Waals surface area contributed by atoms with Crippen LogP contribution in [-0.4, -0.2) is 45.1 Å². The Balaban J connectivity index is 1.39. The fourth-order valence-corrected chi connectivity index (χ4v) is 3.91. The molecule has 0 aliphatic carbocycles. The molecular formula is C23H20N4O3S2.